The van der Waals surface area contributed by atoms with E-state index in [1.165, 1.54) is 0 Å². The highest BCUT2D eigenvalue weighted by Gasteiger charge is 2.18. The number of hydrogen-bond acceptors (Lipinski definition) is 1. The van der Waals surface area contributed by atoms with Crippen molar-refractivity contribution in [2.75, 3.05) is 0 Å². The molecule has 242 valence electrons. The molecule has 10 aromatic rings. The second kappa shape index (κ2) is 12.0. The lowest BCUT2D eigenvalue weighted by atomic mass is 9.97. The van der Waals surface area contributed by atoms with Crippen molar-refractivity contribution in [3.63, 3.8) is 0 Å². The van der Waals surface area contributed by atoms with Crippen LogP contribution in [0.2, 0.25) is 0 Å². The normalized spacial score (nSPS) is 13.3. The minimum absolute atomic E-state index is 0.0987. The summed E-state index contributed by atoms with van der Waals surface area (Å²) < 4.78 is 68.2. The van der Waals surface area contributed by atoms with Gasteiger partial charge in [-0.3, -0.25) is 0 Å². The SMILES string of the molecule is [2H]c1c([2H])c([2H])c2c(c1[2H])c1c([2H])c(-c3ccc4c(c3)c3c(-c5ccccc5)cccc3n4-c3ccccc3)c([2H])c([2H])c1n2-c1ccc(-c2ccc(C#N)cc2)cc1. The lowest BCUT2D eigenvalue weighted by Gasteiger charge is -2.10. The number of para-hydroxylation sites is 2. The highest BCUT2D eigenvalue weighted by atomic mass is 15.0. The van der Waals surface area contributed by atoms with Crippen LogP contribution in [0.1, 0.15) is 15.2 Å². The molecule has 3 nitrogen and oxygen atoms in total. The van der Waals surface area contributed by atoms with Crippen LogP contribution >= 0.6 is 0 Å². The average molecular weight is 669 g/mol. The van der Waals surface area contributed by atoms with Gasteiger partial charge in [-0.25, -0.2) is 0 Å². The molecule has 0 N–H and O–H groups in total. The minimum atomic E-state index is -0.441. The lowest BCUT2D eigenvalue weighted by molar-refractivity contribution is 1.18. The van der Waals surface area contributed by atoms with Gasteiger partial charge >= 0.3 is 0 Å². The van der Waals surface area contributed by atoms with Crippen molar-refractivity contribution in [2.24, 2.45) is 0 Å². The predicted octanol–water partition coefficient (Wildman–Crippen LogP) is 12.8. The molecule has 0 saturated heterocycles. The molecule has 0 atom stereocenters. The standard InChI is InChI=1S/C49H31N3/c50-32-33-18-20-34(21-19-33)35-22-26-40(27-23-35)51-45-16-8-7-14-42(45)43-30-37(24-28-46(43)51)38-25-29-47-44(31-38)49-41(36-10-3-1-4-11-36)15-9-17-48(49)52(47)39-12-5-2-6-13-39/h1-31H/i7D,8D,14D,16D,24D,28D,30D. The molecule has 10 rings (SSSR count). The van der Waals surface area contributed by atoms with Crippen molar-refractivity contribution >= 4 is 43.6 Å². The van der Waals surface area contributed by atoms with Gasteiger partial charge in [0.05, 0.1) is 43.3 Å². The molecule has 0 unspecified atom stereocenters. The fourth-order valence-electron chi connectivity index (χ4n) is 7.40. The van der Waals surface area contributed by atoms with E-state index >= 15 is 0 Å². The molecular formula is C49H31N3. The molecule has 0 amide bonds. The van der Waals surface area contributed by atoms with Crippen molar-refractivity contribution < 1.29 is 9.60 Å². The van der Waals surface area contributed by atoms with E-state index in [0.717, 1.165) is 49.7 Å². The van der Waals surface area contributed by atoms with Gasteiger partial charge in [-0.1, -0.05) is 115 Å². The average Bonchev–Trinajstić information content (AvgIpc) is 3.82. The summed E-state index contributed by atoms with van der Waals surface area (Å²) in [6, 6.07) is 47.0. The molecule has 0 aliphatic rings. The number of aromatic nitrogens is 2. The first kappa shape index (κ1) is 23.3. The maximum absolute atomic E-state index is 9.83. The zero-order valence-corrected chi connectivity index (χ0v) is 27.7. The zero-order chi connectivity index (χ0) is 40.7. The van der Waals surface area contributed by atoms with Crippen LogP contribution < -0.4 is 0 Å². The Bertz CT molecular complexity index is 3380. The summed E-state index contributed by atoms with van der Waals surface area (Å²) in [5, 5.41) is 11.5. The van der Waals surface area contributed by atoms with Gasteiger partial charge in [0.15, 0.2) is 0 Å². The van der Waals surface area contributed by atoms with Crippen molar-refractivity contribution in [1.29, 1.82) is 5.26 Å². The summed E-state index contributed by atoms with van der Waals surface area (Å²) in [6.07, 6.45) is 0. The first-order chi connectivity index (χ1) is 28.7. The third kappa shape index (κ3) is 4.74. The first-order valence-electron chi connectivity index (χ1n) is 20.5. The number of nitriles is 1. The molecule has 0 spiro atoms. The molecular weight excluding hydrogens is 631 g/mol. The Morgan fingerprint density at radius 1 is 0.442 bits per heavy atom. The zero-order valence-electron chi connectivity index (χ0n) is 34.7. The van der Waals surface area contributed by atoms with E-state index in [1.807, 2.05) is 84.9 Å². The van der Waals surface area contributed by atoms with Gasteiger partial charge in [-0.05, 0) is 106 Å². The summed E-state index contributed by atoms with van der Waals surface area (Å²) >= 11 is 0. The van der Waals surface area contributed by atoms with Crippen molar-refractivity contribution in [3.8, 4) is 50.8 Å². The van der Waals surface area contributed by atoms with E-state index in [2.05, 4.69) is 47.0 Å². The Morgan fingerprint density at radius 3 is 1.87 bits per heavy atom. The highest BCUT2D eigenvalue weighted by Crippen LogP contribution is 2.41. The van der Waals surface area contributed by atoms with Crippen LogP contribution in [0.5, 0.6) is 0 Å². The van der Waals surface area contributed by atoms with Crippen LogP contribution in [-0.2, 0) is 0 Å². The van der Waals surface area contributed by atoms with Crippen LogP contribution in [0.4, 0.5) is 0 Å². The number of fused-ring (bicyclic) bond motifs is 6. The van der Waals surface area contributed by atoms with Gasteiger partial charge in [0.2, 0.25) is 0 Å². The van der Waals surface area contributed by atoms with E-state index in [1.54, 1.807) is 28.8 Å². The van der Waals surface area contributed by atoms with E-state index in [-0.39, 0.29) is 57.6 Å². The van der Waals surface area contributed by atoms with Crippen LogP contribution in [-0.4, -0.2) is 9.13 Å². The monoisotopic (exact) mass is 668 g/mol. The molecule has 8 aromatic carbocycles. The quantitative estimate of drug-likeness (QED) is 0.180. The van der Waals surface area contributed by atoms with Crippen LogP contribution in [0.25, 0.3) is 88.4 Å². The third-order valence-electron chi connectivity index (χ3n) is 9.81. The van der Waals surface area contributed by atoms with Gasteiger partial charge in [0.25, 0.3) is 0 Å². The largest absolute Gasteiger partial charge is 0.309 e. The topological polar surface area (TPSA) is 33.6 Å². The molecule has 0 aliphatic carbocycles. The number of benzene rings is 8. The Morgan fingerprint density at radius 2 is 1.10 bits per heavy atom. The number of hydrogen-bond donors (Lipinski definition) is 0. The first-order valence-corrected chi connectivity index (χ1v) is 17.0. The summed E-state index contributed by atoms with van der Waals surface area (Å²) in [5.41, 5.74) is 8.79. The van der Waals surface area contributed by atoms with E-state index < -0.39 is 12.1 Å². The Labute approximate surface area is 311 Å². The minimum Gasteiger partial charge on any atom is -0.309 e. The summed E-state index contributed by atoms with van der Waals surface area (Å²) in [6.45, 7) is 0. The Balaban J connectivity index is 1.26. The van der Waals surface area contributed by atoms with E-state index in [9.17, 15) is 9.37 Å². The molecule has 3 heteroatoms. The van der Waals surface area contributed by atoms with Gasteiger partial charge in [0.1, 0.15) is 0 Å². The van der Waals surface area contributed by atoms with Gasteiger partial charge in [-0.15, -0.1) is 0 Å². The smallest absolute Gasteiger partial charge is 0.0991 e. The summed E-state index contributed by atoms with van der Waals surface area (Å²) in [7, 11) is 0. The lowest BCUT2D eigenvalue weighted by Crippen LogP contribution is -1.94. The Kier molecular flexibility index (Phi) is 5.38. The summed E-state index contributed by atoms with van der Waals surface area (Å²) in [5.74, 6) is 0. The fourth-order valence-corrected chi connectivity index (χ4v) is 7.40. The van der Waals surface area contributed by atoms with Crippen molar-refractivity contribution in [3.05, 3.63) is 193 Å². The van der Waals surface area contributed by atoms with Crippen molar-refractivity contribution in [1.82, 2.24) is 9.13 Å². The van der Waals surface area contributed by atoms with Crippen LogP contribution in [0, 0.1) is 11.3 Å². The molecule has 52 heavy (non-hydrogen) atoms. The second-order valence-corrected chi connectivity index (χ2v) is 12.7. The summed E-state index contributed by atoms with van der Waals surface area (Å²) in [4.78, 5) is 0. The van der Waals surface area contributed by atoms with Crippen LogP contribution in [0.3, 0.4) is 0 Å². The molecule has 2 heterocycles. The maximum atomic E-state index is 9.83. The molecule has 2 aromatic heterocycles. The van der Waals surface area contributed by atoms with Crippen molar-refractivity contribution in [2.45, 2.75) is 0 Å². The molecule has 0 fully saturated rings. The van der Waals surface area contributed by atoms with Gasteiger partial charge in [0, 0.05) is 32.9 Å². The Hall–Kier alpha value is -7.15. The fraction of sp³-hybridized carbons (Fsp3) is 0. The third-order valence-corrected chi connectivity index (χ3v) is 9.81. The predicted molar refractivity (Wildman–Crippen MR) is 216 cm³/mol. The molecule has 0 saturated carbocycles. The number of rotatable bonds is 5. The molecule has 0 radical (unpaired) electrons. The van der Waals surface area contributed by atoms with E-state index in [4.69, 9.17) is 5.48 Å². The van der Waals surface area contributed by atoms with E-state index in [0.29, 0.717) is 16.8 Å². The second-order valence-electron chi connectivity index (χ2n) is 12.7. The van der Waals surface area contributed by atoms with Gasteiger partial charge < -0.3 is 9.13 Å². The molecule has 0 aliphatic heterocycles. The van der Waals surface area contributed by atoms with Crippen LogP contribution in [0.15, 0.2) is 188 Å². The highest BCUT2D eigenvalue weighted by molar-refractivity contribution is 6.17. The molecule has 0 bridgehead atoms. The number of nitrogens with zero attached hydrogens (tertiary/aromatic N) is 3. The maximum Gasteiger partial charge on any atom is 0.0991 e. The van der Waals surface area contributed by atoms with Gasteiger partial charge in [-0.2, -0.15) is 5.26 Å².